The normalized spacial score (nSPS) is 16.8. The minimum Gasteiger partial charge on any atom is -0.351 e. The molecular formula is C25H25N3OS. The smallest absolute Gasteiger partial charge is 0.271 e. The number of nitrogens with zero attached hydrogens (tertiary/aromatic N) is 3. The van der Waals surface area contributed by atoms with Crippen molar-refractivity contribution in [2.45, 2.75) is 26.7 Å². The molecule has 1 aliphatic heterocycles. The zero-order chi connectivity index (χ0) is 21.1. The molecule has 0 saturated carbocycles. The van der Waals surface area contributed by atoms with E-state index in [2.05, 4.69) is 38.1 Å². The molecule has 1 aromatic heterocycles. The summed E-state index contributed by atoms with van der Waals surface area (Å²) >= 11 is 1.42. The van der Waals surface area contributed by atoms with Gasteiger partial charge in [-0.15, -0.1) is 0 Å². The number of hydrogen-bond acceptors (Lipinski definition) is 3. The minimum atomic E-state index is -0.0469. The number of rotatable bonds is 5. The summed E-state index contributed by atoms with van der Waals surface area (Å²) in [6.07, 6.45) is 5.86. The van der Waals surface area contributed by atoms with Gasteiger partial charge in [-0.1, -0.05) is 38.1 Å². The Morgan fingerprint density at radius 1 is 0.933 bits per heavy atom. The largest absolute Gasteiger partial charge is 0.351 e. The number of aromatic nitrogens is 1. The molecule has 2 aromatic carbocycles. The van der Waals surface area contributed by atoms with E-state index in [9.17, 15) is 4.79 Å². The van der Waals surface area contributed by atoms with Gasteiger partial charge in [0, 0.05) is 18.9 Å². The van der Waals surface area contributed by atoms with Gasteiger partial charge in [0.2, 0.25) is 0 Å². The summed E-state index contributed by atoms with van der Waals surface area (Å²) in [7, 11) is 1.97. The lowest BCUT2D eigenvalue weighted by Crippen LogP contribution is -2.28. The molecule has 3 aromatic rings. The Bertz CT molecular complexity index is 1110. The maximum absolute atomic E-state index is 13.3. The van der Waals surface area contributed by atoms with Crippen LogP contribution in [0.2, 0.25) is 0 Å². The second kappa shape index (κ2) is 8.76. The number of anilines is 1. The van der Waals surface area contributed by atoms with Gasteiger partial charge in [-0.2, -0.15) is 0 Å². The Kier molecular flexibility index (Phi) is 5.91. The molecule has 0 spiro atoms. The summed E-state index contributed by atoms with van der Waals surface area (Å²) in [4.78, 5) is 20.6. The number of thioether (sulfide) groups is 1. The Morgan fingerprint density at radius 3 is 2.13 bits per heavy atom. The fourth-order valence-electron chi connectivity index (χ4n) is 3.33. The first-order valence-corrected chi connectivity index (χ1v) is 11.0. The Morgan fingerprint density at radius 2 is 1.57 bits per heavy atom. The van der Waals surface area contributed by atoms with Crippen molar-refractivity contribution >= 4 is 40.3 Å². The van der Waals surface area contributed by atoms with Gasteiger partial charge in [-0.25, -0.2) is 4.99 Å². The molecule has 0 aliphatic carbocycles. The molecule has 1 amide bonds. The van der Waals surface area contributed by atoms with Crippen molar-refractivity contribution < 1.29 is 4.79 Å². The van der Waals surface area contributed by atoms with Crippen molar-refractivity contribution in [1.82, 2.24) is 4.57 Å². The number of hydrogen-bond donors (Lipinski definition) is 0. The summed E-state index contributed by atoms with van der Waals surface area (Å²) < 4.78 is 2.00. The number of aryl methyl sites for hydroxylation is 3. The van der Waals surface area contributed by atoms with Crippen LogP contribution in [0, 0.1) is 0 Å². The zero-order valence-corrected chi connectivity index (χ0v) is 18.3. The number of carbonyl (C=O) groups is 1. The highest BCUT2D eigenvalue weighted by Crippen LogP contribution is 2.37. The van der Waals surface area contributed by atoms with Crippen molar-refractivity contribution in [3.05, 3.63) is 88.6 Å². The summed E-state index contributed by atoms with van der Waals surface area (Å²) in [5, 5.41) is 0.675. The lowest BCUT2D eigenvalue weighted by Gasteiger charge is -2.16. The maximum atomic E-state index is 13.3. The van der Waals surface area contributed by atoms with Crippen molar-refractivity contribution in [2.75, 3.05) is 4.90 Å². The van der Waals surface area contributed by atoms with Gasteiger partial charge in [-0.3, -0.25) is 9.69 Å². The lowest BCUT2D eigenvalue weighted by atomic mass is 10.1. The van der Waals surface area contributed by atoms with E-state index in [1.807, 2.05) is 60.3 Å². The van der Waals surface area contributed by atoms with Crippen LogP contribution >= 0.6 is 11.8 Å². The van der Waals surface area contributed by atoms with Gasteiger partial charge in [0.25, 0.3) is 5.91 Å². The Hall–Kier alpha value is -3.05. The summed E-state index contributed by atoms with van der Waals surface area (Å²) in [5.74, 6) is -0.0469. The molecule has 1 aliphatic rings. The molecule has 152 valence electrons. The number of amides is 1. The third-order valence-corrected chi connectivity index (χ3v) is 6.21. The van der Waals surface area contributed by atoms with Crippen LogP contribution in [0.15, 0.2) is 76.8 Å². The molecule has 5 heteroatoms. The molecule has 4 rings (SSSR count). The van der Waals surface area contributed by atoms with E-state index in [1.165, 1.54) is 22.9 Å². The van der Waals surface area contributed by atoms with Crippen LogP contribution in [-0.2, 0) is 24.7 Å². The summed E-state index contributed by atoms with van der Waals surface area (Å²) in [6, 6.07) is 20.3. The predicted molar refractivity (Wildman–Crippen MR) is 127 cm³/mol. The molecule has 0 bridgehead atoms. The van der Waals surface area contributed by atoms with E-state index in [-0.39, 0.29) is 5.91 Å². The topological polar surface area (TPSA) is 37.6 Å². The highest BCUT2D eigenvalue weighted by atomic mass is 32.2. The van der Waals surface area contributed by atoms with E-state index in [0.717, 1.165) is 29.9 Å². The molecule has 0 N–H and O–H groups in total. The van der Waals surface area contributed by atoms with E-state index >= 15 is 0 Å². The van der Waals surface area contributed by atoms with Gasteiger partial charge >= 0.3 is 0 Å². The average Bonchev–Trinajstić information content (AvgIpc) is 3.31. The van der Waals surface area contributed by atoms with Gasteiger partial charge in [-0.05, 0) is 78.2 Å². The van der Waals surface area contributed by atoms with Gasteiger partial charge in [0.1, 0.15) is 0 Å². The monoisotopic (exact) mass is 415 g/mol. The van der Waals surface area contributed by atoms with E-state index < -0.39 is 0 Å². The van der Waals surface area contributed by atoms with Gasteiger partial charge in [0.15, 0.2) is 5.17 Å². The van der Waals surface area contributed by atoms with Crippen LogP contribution in [0.25, 0.3) is 6.08 Å². The predicted octanol–water partition coefficient (Wildman–Crippen LogP) is 5.96. The molecule has 2 heterocycles. The van der Waals surface area contributed by atoms with E-state index in [0.29, 0.717) is 10.1 Å². The van der Waals surface area contributed by atoms with Gasteiger partial charge < -0.3 is 4.57 Å². The second-order valence-electron chi connectivity index (χ2n) is 7.23. The quantitative estimate of drug-likeness (QED) is 0.482. The average molecular weight is 416 g/mol. The number of aliphatic imine (C=N–C) groups is 1. The fourth-order valence-corrected chi connectivity index (χ4v) is 4.32. The molecule has 1 fully saturated rings. The van der Waals surface area contributed by atoms with Crippen LogP contribution < -0.4 is 4.90 Å². The summed E-state index contributed by atoms with van der Waals surface area (Å²) in [5.41, 5.74) is 5.18. The first kappa shape index (κ1) is 20.2. The van der Waals surface area contributed by atoms with Crippen LogP contribution in [0.3, 0.4) is 0 Å². The summed E-state index contributed by atoms with van der Waals surface area (Å²) in [6.45, 7) is 4.26. The SMILES string of the molecule is CCc1ccc(N=C2S/C(=C/c3cccn3C)C(=O)N2c2ccc(CC)cc2)cc1. The van der Waals surface area contributed by atoms with E-state index in [1.54, 1.807) is 4.90 Å². The highest BCUT2D eigenvalue weighted by molar-refractivity contribution is 8.19. The van der Waals surface area contributed by atoms with Gasteiger partial charge in [0.05, 0.1) is 16.3 Å². The van der Waals surface area contributed by atoms with Crippen molar-refractivity contribution in [3.8, 4) is 0 Å². The first-order chi connectivity index (χ1) is 14.6. The van der Waals surface area contributed by atoms with Crippen molar-refractivity contribution in [1.29, 1.82) is 0 Å². The third kappa shape index (κ3) is 4.12. The molecule has 4 nitrogen and oxygen atoms in total. The minimum absolute atomic E-state index is 0.0469. The number of benzene rings is 2. The Labute approximate surface area is 181 Å². The standard InChI is InChI=1S/C25H25N3OS/c1-4-18-8-12-20(13-9-18)26-25-28(21-14-10-19(5-2)11-15-21)24(29)23(30-25)17-22-7-6-16-27(22)3/h6-17H,4-5H2,1-3H3/b23-17+,26-25?. The van der Waals surface area contributed by atoms with Crippen LogP contribution in [-0.4, -0.2) is 15.6 Å². The number of carbonyl (C=O) groups excluding carboxylic acids is 1. The van der Waals surface area contributed by atoms with E-state index in [4.69, 9.17) is 4.99 Å². The fraction of sp³-hybridized carbons (Fsp3) is 0.200. The second-order valence-corrected chi connectivity index (χ2v) is 8.24. The molecule has 0 unspecified atom stereocenters. The molecular weight excluding hydrogens is 390 g/mol. The van der Waals surface area contributed by atoms with Crippen molar-refractivity contribution in [2.24, 2.45) is 12.0 Å². The molecule has 0 radical (unpaired) electrons. The van der Waals surface area contributed by atoms with Crippen LogP contribution in [0.5, 0.6) is 0 Å². The molecule has 1 saturated heterocycles. The number of amidine groups is 1. The lowest BCUT2D eigenvalue weighted by molar-refractivity contribution is -0.113. The third-order valence-electron chi connectivity index (χ3n) is 5.24. The Balaban J connectivity index is 1.75. The van der Waals surface area contributed by atoms with Crippen LogP contribution in [0.4, 0.5) is 11.4 Å². The molecule has 30 heavy (non-hydrogen) atoms. The maximum Gasteiger partial charge on any atom is 0.271 e. The van der Waals surface area contributed by atoms with Crippen molar-refractivity contribution in [3.63, 3.8) is 0 Å². The molecule has 0 atom stereocenters. The first-order valence-electron chi connectivity index (χ1n) is 10.2. The zero-order valence-electron chi connectivity index (χ0n) is 17.5. The highest BCUT2D eigenvalue weighted by Gasteiger charge is 2.34. The van der Waals surface area contributed by atoms with Crippen LogP contribution in [0.1, 0.15) is 30.7 Å².